The van der Waals surface area contributed by atoms with Gasteiger partial charge in [0.2, 0.25) is 0 Å². The van der Waals surface area contributed by atoms with E-state index in [0.717, 1.165) is 18.8 Å². The van der Waals surface area contributed by atoms with Crippen molar-refractivity contribution in [2.24, 2.45) is 11.8 Å². The lowest BCUT2D eigenvalue weighted by Gasteiger charge is -2.22. The van der Waals surface area contributed by atoms with E-state index in [1.54, 1.807) is 0 Å². The summed E-state index contributed by atoms with van der Waals surface area (Å²) >= 11 is 0. The molecule has 156 valence electrons. The number of unbranched alkanes of at least 4 members (excludes halogenated alkanes) is 11. The first-order valence-corrected chi connectivity index (χ1v) is 11.6. The highest BCUT2D eigenvalue weighted by molar-refractivity contribution is 6.32. The van der Waals surface area contributed by atoms with Crippen molar-refractivity contribution in [1.29, 1.82) is 0 Å². The van der Waals surface area contributed by atoms with Gasteiger partial charge in [0.1, 0.15) is 0 Å². The van der Waals surface area contributed by atoms with E-state index in [9.17, 15) is 0 Å². The maximum Gasteiger partial charge on any atom is 0.633 e. The van der Waals surface area contributed by atoms with Gasteiger partial charge in [-0.25, -0.2) is 0 Å². The highest BCUT2D eigenvalue weighted by atomic mass is 16.6. The molecule has 0 saturated heterocycles. The van der Waals surface area contributed by atoms with Crippen molar-refractivity contribution in [3.63, 3.8) is 0 Å². The Balaban J connectivity index is 3.53. The van der Waals surface area contributed by atoms with Gasteiger partial charge in [-0.15, -0.1) is 0 Å². The van der Waals surface area contributed by atoms with Gasteiger partial charge in [-0.05, 0) is 18.3 Å². The average molecular weight is 370 g/mol. The third-order valence-corrected chi connectivity index (χ3v) is 5.77. The van der Waals surface area contributed by atoms with Crippen LogP contribution in [0.15, 0.2) is 0 Å². The van der Waals surface area contributed by atoms with Crippen LogP contribution in [0.5, 0.6) is 0 Å². The Morgan fingerprint density at radius 1 is 0.654 bits per heavy atom. The zero-order valence-electron chi connectivity index (χ0n) is 18.1. The van der Waals surface area contributed by atoms with Gasteiger partial charge in [0.05, 0.1) is 0 Å². The normalized spacial score (nSPS) is 13.7. The lowest BCUT2D eigenvalue weighted by Crippen LogP contribution is -2.23. The Hall–Kier alpha value is -0.0551. The molecule has 0 amide bonds. The lowest BCUT2D eigenvalue weighted by molar-refractivity contribution is 0.139. The van der Waals surface area contributed by atoms with Gasteiger partial charge in [-0.3, -0.25) is 0 Å². The van der Waals surface area contributed by atoms with Gasteiger partial charge in [-0.2, -0.15) is 0 Å². The average Bonchev–Trinajstić information content (AvgIpc) is 2.64. The van der Waals surface area contributed by atoms with Crippen LogP contribution in [0.25, 0.3) is 0 Å². The minimum Gasteiger partial charge on any atom is -0.402 e. The van der Waals surface area contributed by atoms with Crippen LogP contribution in [0.4, 0.5) is 0 Å². The van der Waals surface area contributed by atoms with Crippen LogP contribution in [0.2, 0.25) is 0 Å². The predicted molar refractivity (Wildman–Crippen MR) is 114 cm³/mol. The third kappa shape index (κ3) is 17.4. The van der Waals surface area contributed by atoms with E-state index in [-0.39, 0.29) is 0 Å². The van der Waals surface area contributed by atoms with Crippen LogP contribution in [-0.4, -0.2) is 24.0 Å². The lowest BCUT2D eigenvalue weighted by atomic mass is 9.87. The van der Waals surface area contributed by atoms with Crippen molar-refractivity contribution in [3.05, 3.63) is 0 Å². The molecule has 0 aromatic carbocycles. The van der Waals surface area contributed by atoms with E-state index < -0.39 is 7.32 Å². The number of hydrogen-bond donors (Lipinski definition) is 2. The summed E-state index contributed by atoms with van der Waals surface area (Å²) in [6.07, 6.45) is 21.6. The quantitative estimate of drug-likeness (QED) is 0.190. The first kappa shape index (κ1) is 25.9. The van der Waals surface area contributed by atoms with Gasteiger partial charge in [0.15, 0.2) is 0 Å². The summed E-state index contributed by atoms with van der Waals surface area (Å²) in [5.41, 5.74) is 0. The zero-order chi connectivity index (χ0) is 19.5. The van der Waals surface area contributed by atoms with Crippen LogP contribution < -0.4 is 0 Å². The largest absolute Gasteiger partial charge is 0.633 e. The van der Waals surface area contributed by atoms with Gasteiger partial charge < -0.3 is 14.7 Å². The number of rotatable bonds is 20. The van der Waals surface area contributed by atoms with Gasteiger partial charge >= 0.3 is 7.32 Å². The van der Waals surface area contributed by atoms with Gasteiger partial charge in [0.25, 0.3) is 0 Å². The molecule has 0 heterocycles. The summed E-state index contributed by atoms with van der Waals surface area (Å²) in [7, 11) is -1.62. The SMILES string of the molecule is CCCCCCCCCCCCCCC(CC)CC(CC)COB(O)O. The molecule has 3 nitrogen and oxygen atoms in total. The van der Waals surface area contributed by atoms with Crippen molar-refractivity contribution in [2.45, 2.75) is 124 Å². The van der Waals surface area contributed by atoms with Crippen molar-refractivity contribution >= 4 is 7.32 Å². The van der Waals surface area contributed by atoms with Crippen LogP contribution in [0.1, 0.15) is 124 Å². The first-order chi connectivity index (χ1) is 12.6. The summed E-state index contributed by atoms with van der Waals surface area (Å²) in [6.45, 7) is 7.18. The predicted octanol–water partition coefficient (Wildman–Crippen LogP) is 6.51. The summed E-state index contributed by atoms with van der Waals surface area (Å²) < 4.78 is 4.97. The van der Waals surface area contributed by atoms with E-state index >= 15 is 0 Å². The zero-order valence-corrected chi connectivity index (χ0v) is 18.1. The minimum atomic E-state index is -1.62. The molecular weight excluding hydrogens is 323 g/mol. The number of hydrogen-bond acceptors (Lipinski definition) is 3. The summed E-state index contributed by atoms with van der Waals surface area (Å²) in [4.78, 5) is 0. The molecule has 2 unspecified atom stereocenters. The molecule has 2 N–H and O–H groups in total. The molecule has 0 radical (unpaired) electrons. The van der Waals surface area contributed by atoms with Crippen molar-refractivity contribution in [2.75, 3.05) is 6.61 Å². The van der Waals surface area contributed by atoms with Crippen LogP contribution in [0, 0.1) is 11.8 Å². The first-order valence-electron chi connectivity index (χ1n) is 11.6. The molecule has 2 atom stereocenters. The smallest absolute Gasteiger partial charge is 0.402 e. The Morgan fingerprint density at radius 3 is 1.54 bits per heavy atom. The fourth-order valence-electron chi connectivity index (χ4n) is 3.81. The second-order valence-electron chi connectivity index (χ2n) is 8.12. The van der Waals surface area contributed by atoms with E-state index in [1.807, 2.05) is 0 Å². The Labute approximate surface area is 164 Å². The molecule has 26 heavy (non-hydrogen) atoms. The third-order valence-electron chi connectivity index (χ3n) is 5.77. The molecule has 0 aliphatic rings. The maximum atomic E-state index is 8.85. The molecule has 0 aliphatic carbocycles. The van der Waals surface area contributed by atoms with Gasteiger partial charge in [-0.1, -0.05) is 117 Å². The second-order valence-corrected chi connectivity index (χ2v) is 8.12. The topological polar surface area (TPSA) is 49.7 Å². The van der Waals surface area contributed by atoms with Crippen molar-refractivity contribution in [3.8, 4) is 0 Å². The van der Waals surface area contributed by atoms with Crippen molar-refractivity contribution in [1.82, 2.24) is 0 Å². The molecule has 0 aromatic rings. The standard InChI is InChI=1S/C22H47BO3/c1-4-7-8-9-10-11-12-13-14-15-16-17-18-21(5-2)19-22(6-3)20-26-23(24)25/h21-22,24-25H,4-20H2,1-3H3. The molecular formula is C22H47BO3. The second kappa shape index (κ2) is 19.7. The minimum absolute atomic E-state index is 0.444. The summed E-state index contributed by atoms with van der Waals surface area (Å²) in [5, 5.41) is 17.7. The molecule has 4 heteroatoms. The fraction of sp³-hybridized carbons (Fsp3) is 1.00. The Bertz CT molecular complexity index is 274. The van der Waals surface area contributed by atoms with Crippen LogP contribution in [0.3, 0.4) is 0 Å². The van der Waals surface area contributed by atoms with E-state index in [1.165, 1.54) is 89.9 Å². The molecule has 0 rings (SSSR count). The monoisotopic (exact) mass is 370 g/mol. The van der Waals surface area contributed by atoms with E-state index in [0.29, 0.717) is 12.5 Å². The highest BCUT2D eigenvalue weighted by Crippen LogP contribution is 2.24. The molecule has 0 aliphatic heterocycles. The fourth-order valence-corrected chi connectivity index (χ4v) is 3.81. The maximum absolute atomic E-state index is 8.85. The van der Waals surface area contributed by atoms with E-state index in [2.05, 4.69) is 20.8 Å². The summed E-state index contributed by atoms with van der Waals surface area (Å²) in [6, 6.07) is 0. The van der Waals surface area contributed by atoms with E-state index in [4.69, 9.17) is 14.7 Å². The van der Waals surface area contributed by atoms with Crippen LogP contribution in [-0.2, 0) is 4.65 Å². The molecule has 0 fully saturated rings. The van der Waals surface area contributed by atoms with Crippen molar-refractivity contribution < 1.29 is 14.7 Å². The summed E-state index contributed by atoms with van der Waals surface area (Å²) in [5.74, 6) is 1.20. The molecule has 0 saturated carbocycles. The van der Waals surface area contributed by atoms with Gasteiger partial charge in [0, 0.05) is 6.61 Å². The highest BCUT2D eigenvalue weighted by Gasteiger charge is 2.17. The Morgan fingerprint density at radius 2 is 1.12 bits per heavy atom. The molecule has 0 bridgehead atoms. The Kier molecular flexibility index (Phi) is 19.7. The molecule has 0 spiro atoms. The van der Waals surface area contributed by atoms with Crippen LogP contribution >= 0.6 is 0 Å². The molecule has 0 aromatic heterocycles.